The molecule has 0 radical (unpaired) electrons. The molecule has 0 aliphatic heterocycles. The van der Waals surface area contributed by atoms with Crippen LogP contribution in [0.4, 0.5) is 0 Å². The fourth-order valence-corrected chi connectivity index (χ4v) is 1.21. The van der Waals surface area contributed by atoms with Crippen LogP contribution in [0.25, 0.3) is 0 Å². The summed E-state index contributed by atoms with van der Waals surface area (Å²) in [6.45, 7) is 1.54. The summed E-state index contributed by atoms with van der Waals surface area (Å²) >= 11 is 3.02. The van der Waals surface area contributed by atoms with Crippen LogP contribution >= 0.6 is 15.9 Å². The molecule has 0 spiro atoms. The summed E-state index contributed by atoms with van der Waals surface area (Å²) in [5, 5.41) is 0.423. The van der Waals surface area contributed by atoms with E-state index in [2.05, 4.69) is 20.7 Å². The van der Waals surface area contributed by atoms with Crippen LogP contribution in [0, 0.1) is 0 Å². The molecule has 0 rings (SSSR count). The van der Waals surface area contributed by atoms with E-state index >= 15 is 0 Å². The lowest BCUT2D eigenvalue weighted by Crippen LogP contribution is -2.27. The van der Waals surface area contributed by atoms with Crippen LogP contribution < -0.4 is 0 Å². The molecule has 0 atom stereocenters. The third kappa shape index (κ3) is 5.41. The van der Waals surface area contributed by atoms with Crippen molar-refractivity contribution in [3.05, 3.63) is 0 Å². The molecule has 6 heteroatoms. The van der Waals surface area contributed by atoms with Crippen LogP contribution in [-0.4, -0.2) is 35.3 Å². The van der Waals surface area contributed by atoms with Crippen LogP contribution in [-0.2, 0) is 23.9 Å². The van der Waals surface area contributed by atoms with E-state index < -0.39 is 24.0 Å². The monoisotopic (exact) mass is 278 g/mol. The van der Waals surface area contributed by atoms with Crippen LogP contribution in [0.5, 0.6) is 0 Å². The van der Waals surface area contributed by atoms with Gasteiger partial charge in [-0.3, -0.25) is 14.4 Å². The van der Waals surface area contributed by atoms with Crippen molar-refractivity contribution >= 4 is 39.2 Å². The first-order valence-electron chi connectivity index (χ1n) is 4.34. The Labute approximate surface area is 95.3 Å². The Kier molecular flexibility index (Phi) is 6.77. The highest BCUT2D eigenvalue weighted by Gasteiger charge is 2.25. The largest absolute Gasteiger partial charge is 0.460 e. The molecule has 0 aromatic heterocycles. The Morgan fingerprint density at radius 3 is 2.27 bits per heavy atom. The maximum atomic E-state index is 11.1. The number of ether oxygens (including phenoxy) is 1. The van der Waals surface area contributed by atoms with Crippen molar-refractivity contribution in [3.63, 3.8) is 0 Å². The molecule has 0 amide bonds. The van der Waals surface area contributed by atoms with E-state index in [9.17, 15) is 19.2 Å². The van der Waals surface area contributed by atoms with Crippen molar-refractivity contribution in [1.82, 2.24) is 0 Å². The molecule has 0 aliphatic rings. The predicted molar refractivity (Wildman–Crippen MR) is 54.7 cm³/mol. The van der Waals surface area contributed by atoms with Gasteiger partial charge in [-0.1, -0.05) is 15.9 Å². The van der Waals surface area contributed by atoms with Gasteiger partial charge in [0.2, 0.25) is 5.78 Å². The zero-order valence-corrected chi connectivity index (χ0v) is 9.83. The molecule has 0 saturated carbocycles. The lowest BCUT2D eigenvalue weighted by Gasteiger charge is -1.99. The molecule has 5 nitrogen and oxygen atoms in total. The second-order valence-electron chi connectivity index (χ2n) is 2.63. The first kappa shape index (κ1) is 14.0. The summed E-state index contributed by atoms with van der Waals surface area (Å²) in [6, 6.07) is 0. The maximum Gasteiger partial charge on any atom is 0.382 e. The SMILES string of the molecule is CCOC(=O)C(=O)C(=O)CC(=O)CCBr. The van der Waals surface area contributed by atoms with Gasteiger partial charge in [0.15, 0.2) is 0 Å². The molecular weight excluding hydrogens is 268 g/mol. The summed E-state index contributed by atoms with van der Waals surface area (Å²) in [5.74, 6) is -3.86. The van der Waals surface area contributed by atoms with E-state index in [4.69, 9.17) is 0 Å². The normalized spacial score (nSPS) is 9.47. The molecule has 0 unspecified atom stereocenters. The quantitative estimate of drug-likeness (QED) is 0.292. The number of hydrogen-bond donors (Lipinski definition) is 0. The molecule has 0 N–H and O–H groups in total. The smallest absolute Gasteiger partial charge is 0.382 e. The molecule has 0 saturated heterocycles. The van der Waals surface area contributed by atoms with Gasteiger partial charge < -0.3 is 4.74 Å². The van der Waals surface area contributed by atoms with Crippen LogP contribution in [0.15, 0.2) is 0 Å². The summed E-state index contributed by atoms with van der Waals surface area (Å²) in [5.41, 5.74) is 0. The maximum absolute atomic E-state index is 11.1. The number of ketones is 3. The minimum atomic E-state index is -1.26. The molecule has 15 heavy (non-hydrogen) atoms. The van der Waals surface area contributed by atoms with Crippen molar-refractivity contribution in [2.24, 2.45) is 0 Å². The highest BCUT2D eigenvalue weighted by molar-refractivity contribution is 9.09. The van der Waals surface area contributed by atoms with Gasteiger partial charge in [-0.25, -0.2) is 4.79 Å². The average Bonchev–Trinajstić information content (AvgIpc) is 2.17. The van der Waals surface area contributed by atoms with Crippen molar-refractivity contribution in [2.45, 2.75) is 19.8 Å². The summed E-state index contributed by atoms with van der Waals surface area (Å²) < 4.78 is 4.34. The number of hydrogen-bond acceptors (Lipinski definition) is 5. The molecule has 0 bridgehead atoms. The lowest BCUT2D eigenvalue weighted by atomic mass is 10.1. The molecular formula is C9H11BrO5. The number of carbonyl (C=O) groups is 4. The topological polar surface area (TPSA) is 77.5 Å². The van der Waals surface area contributed by atoms with E-state index in [1.165, 1.54) is 6.92 Å². The Hall–Kier alpha value is -1.04. The number of rotatable bonds is 7. The minimum Gasteiger partial charge on any atom is -0.460 e. The first-order chi connectivity index (χ1) is 7.02. The van der Waals surface area contributed by atoms with Crippen LogP contribution in [0.1, 0.15) is 19.8 Å². The van der Waals surface area contributed by atoms with E-state index in [-0.39, 0.29) is 18.8 Å². The molecule has 0 fully saturated rings. The zero-order valence-electron chi connectivity index (χ0n) is 8.25. The van der Waals surface area contributed by atoms with Crippen molar-refractivity contribution in [2.75, 3.05) is 11.9 Å². The predicted octanol–water partition coefficient (Wildman–Crippen LogP) is 0.432. The Balaban J connectivity index is 4.16. The number of carbonyl (C=O) groups excluding carboxylic acids is 4. The molecule has 0 aromatic rings. The first-order valence-corrected chi connectivity index (χ1v) is 5.47. The number of halogens is 1. The number of esters is 1. The number of Topliss-reactive ketones (excluding diaryl/α,β-unsaturated/α-hetero) is 3. The highest BCUT2D eigenvalue weighted by Crippen LogP contribution is 1.97. The van der Waals surface area contributed by atoms with E-state index in [0.29, 0.717) is 5.33 Å². The van der Waals surface area contributed by atoms with E-state index in [0.717, 1.165) is 0 Å². The van der Waals surface area contributed by atoms with E-state index in [1.807, 2.05) is 0 Å². The minimum absolute atomic E-state index is 0.0210. The average molecular weight is 279 g/mol. The van der Waals surface area contributed by atoms with Crippen LogP contribution in [0.2, 0.25) is 0 Å². The Morgan fingerprint density at radius 1 is 1.20 bits per heavy atom. The Bertz CT molecular complexity index is 284. The molecule has 84 valence electrons. The summed E-state index contributed by atoms with van der Waals surface area (Å²) in [4.78, 5) is 43.8. The molecule has 0 aliphatic carbocycles. The van der Waals surface area contributed by atoms with Gasteiger partial charge >= 0.3 is 11.8 Å². The van der Waals surface area contributed by atoms with E-state index in [1.54, 1.807) is 0 Å². The van der Waals surface area contributed by atoms with Crippen molar-refractivity contribution in [1.29, 1.82) is 0 Å². The fraction of sp³-hybridized carbons (Fsp3) is 0.556. The van der Waals surface area contributed by atoms with Crippen molar-refractivity contribution in [3.8, 4) is 0 Å². The van der Waals surface area contributed by atoms with Gasteiger partial charge in [-0.15, -0.1) is 0 Å². The fourth-order valence-electron chi connectivity index (χ4n) is 0.764. The lowest BCUT2D eigenvalue weighted by molar-refractivity contribution is -0.156. The summed E-state index contributed by atoms with van der Waals surface area (Å²) in [6.07, 6.45) is -0.384. The zero-order chi connectivity index (χ0) is 11.8. The molecule has 0 aromatic carbocycles. The molecule has 0 heterocycles. The Morgan fingerprint density at radius 2 is 1.80 bits per heavy atom. The number of alkyl halides is 1. The van der Waals surface area contributed by atoms with Crippen LogP contribution in [0.3, 0.4) is 0 Å². The summed E-state index contributed by atoms with van der Waals surface area (Å²) in [7, 11) is 0. The standard InChI is InChI=1S/C9H11BrO5/c1-2-15-9(14)8(13)7(12)5-6(11)3-4-10/h2-5H2,1H3. The second kappa shape index (κ2) is 7.28. The second-order valence-corrected chi connectivity index (χ2v) is 3.42. The van der Waals surface area contributed by atoms with Gasteiger partial charge in [-0.05, 0) is 6.92 Å². The third-order valence-electron chi connectivity index (χ3n) is 1.45. The van der Waals surface area contributed by atoms with Gasteiger partial charge in [-0.2, -0.15) is 0 Å². The van der Waals surface area contributed by atoms with Crippen molar-refractivity contribution < 1.29 is 23.9 Å². The highest BCUT2D eigenvalue weighted by atomic mass is 79.9. The third-order valence-corrected chi connectivity index (χ3v) is 1.84. The van der Waals surface area contributed by atoms with Gasteiger partial charge in [0.1, 0.15) is 5.78 Å². The van der Waals surface area contributed by atoms with Gasteiger partial charge in [0, 0.05) is 11.8 Å². The van der Waals surface area contributed by atoms with Gasteiger partial charge in [0.05, 0.1) is 13.0 Å². The van der Waals surface area contributed by atoms with Gasteiger partial charge in [0.25, 0.3) is 0 Å².